The van der Waals surface area contributed by atoms with E-state index < -0.39 is 0 Å². The second kappa shape index (κ2) is 7.45. The maximum Gasteiger partial charge on any atom is 0.263 e. The summed E-state index contributed by atoms with van der Waals surface area (Å²) in [6.45, 7) is 4.13. The number of piperidine rings is 1. The molecule has 3 rings (SSSR count). The first kappa shape index (κ1) is 16.5. The van der Waals surface area contributed by atoms with Gasteiger partial charge in [0.25, 0.3) is 5.91 Å². The highest BCUT2D eigenvalue weighted by Crippen LogP contribution is 2.22. The van der Waals surface area contributed by atoms with Gasteiger partial charge in [0, 0.05) is 25.6 Å². The van der Waals surface area contributed by atoms with Gasteiger partial charge in [-0.05, 0) is 44.1 Å². The number of rotatable bonds is 4. The fourth-order valence-corrected chi connectivity index (χ4v) is 4.02. The molecule has 2 saturated heterocycles. The minimum Gasteiger partial charge on any atom is -0.376 e. The molecule has 0 bridgehead atoms. The van der Waals surface area contributed by atoms with E-state index >= 15 is 0 Å². The van der Waals surface area contributed by atoms with Crippen molar-refractivity contribution in [3.63, 3.8) is 0 Å². The Hall–Kier alpha value is -1.40. The summed E-state index contributed by atoms with van der Waals surface area (Å²) in [6.07, 6.45) is 3.73. The number of nitrogens with zero attached hydrogens (tertiary/aromatic N) is 1. The molecule has 2 amide bonds. The normalized spacial score (nSPS) is 23.7. The molecular formula is C17H24N2O3S. The van der Waals surface area contributed by atoms with Gasteiger partial charge in [0.1, 0.15) is 0 Å². The number of ether oxygens (including phenoxy) is 1. The van der Waals surface area contributed by atoms with Crippen LogP contribution in [-0.2, 0) is 9.53 Å². The lowest BCUT2D eigenvalue weighted by molar-refractivity contribution is -0.127. The molecule has 126 valence electrons. The summed E-state index contributed by atoms with van der Waals surface area (Å²) in [6, 6.07) is 3.82. The Bertz CT molecular complexity index is 532. The summed E-state index contributed by atoms with van der Waals surface area (Å²) >= 11 is 1.47. The fourth-order valence-electron chi connectivity index (χ4n) is 3.33. The van der Waals surface area contributed by atoms with Gasteiger partial charge < -0.3 is 15.0 Å². The summed E-state index contributed by atoms with van der Waals surface area (Å²) in [5.74, 6) is 0.203. The summed E-state index contributed by atoms with van der Waals surface area (Å²) in [5, 5.41) is 5.01. The predicted molar refractivity (Wildman–Crippen MR) is 89.5 cm³/mol. The van der Waals surface area contributed by atoms with Crippen LogP contribution in [0.4, 0.5) is 0 Å². The van der Waals surface area contributed by atoms with Gasteiger partial charge in [-0.15, -0.1) is 11.3 Å². The van der Waals surface area contributed by atoms with E-state index in [1.54, 1.807) is 0 Å². The van der Waals surface area contributed by atoms with Crippen LogP contribution in [-0.4, -0.2) is 48.6 Å². The van der Waals surface area contributed by atoms with E-state index in [0.29, 0.717) is 13.1 Å². The molecule has 0 aromatic carbocycles. The molecule has 5 nitrogen and oxygen atoms in total. The average Bonchev–Trinajstić information content (AvgIpc) is 3.27. The Kier molecular flexibility index (Phi) is 5.33. The summed E-state index contributed by atoms with van der Waals surface area (Å²) in [4.78, 5) is 27.3. The van der Waals surface area contributed by atoms with Gasteiger partial charge in [-0.1, -0.05) is 6.07 Å². The molecule has 1 aromatic rings. The third kappa shape index (κ3) is 3.93. The Morgan fingerprint density at radius 1 is 1.35 bits per heavy atom. The SMILES string of the molecule is C[C@@H](NC(=O)C1CCN(C(=O)c2cccs2)CC1)[C@H]1CCCO1. The highest BCUT2D eigenvalue weighted by Gasteiger charge is 2.30. The molecule has 1 aromatic heterocycles. The lowest BCUT2D eigenvalue weighted by Gasteiger charge is -2.32. The molecule has 2 aliphatic heterocycles. The van der Waals surface area contributed by atoms with Crippen molar-refractivity contribution in [1.82, 2.24) is 10.2 Å². The van der Waals surface area contributed by atoms with Gasteiger partial charge in [-0.3, -0.25) is 9.59 Å². The molecule has 0 saturated carbocycles. The summed E-state index contributed by atoms with van der Waals surface area (Å²) < 4.78 is 5.63. The zero-order chi connectivity index (χ0) is 16.2. The third-order valence-corrected chi connectivity index (χ3v) is 5.64. The van der Waals surface area contributed by atoms with E-state index in [4.69, 9.17) is 4.74 Å². The van der Waals surface area contributed by atoms with Gasteiger partial charge in [0.05, 0.1) is 17.0 Å². The van der Waals surface area contributed by atoms with E-state index in [1.165, 1.54) is 11.3 Å². The molecule has 1 N–H and O–H groups in total. The summed E-state index contributed by atoms with van der Waals surface area (Å²) in [5.41, 5.74) is 0. The zero-order valence-corrected chi connectivity index (χ0v) is 14.3. The van der Waals surface area contributed by atoms with Crippen LogP contribution in [0.3, 0.4) is 0 Å². The predicted octanol–water partition coefficient (Wildman–Crippen LogP) is 2.28. The van der Waals surface area contributed by atoms with Gasteiger partial charge in [-0.25, -0.2) is 0 Å². The van der Waals surface area contributed by atoms with Crippen molar-refractivity contribution in [2.75, 3.05) is 19.7 Å². The van der Waals surface area contributed by atoms with Crippen molar-refractivity contribution in [1.29, 1.82) is 0 Å². The van der Waals surface area contributed by atoms with Crippen LogP contribution < -0.4 is 5.32 Å². The maximum absolute atomic E-state index is 12.4. The number of hydrogen-bond donors (Lipinski definition) is 1. The topological polar surface area (TPSA) is 58.6 Å². The van der Waals surface area contributed by atoms with Crippen molar-refractivity contribution < 1.29 is 14.3 Å². The highest BCUT2D eigenvalue weighted by atomic mass is 32.1. The average molecular weight is 336 g/mol. The van der Waals surface area contributed by atoms with Crippen LogP contribution in [0.5, 0.6) is 0 Å². The lowest BCUT2D eigenvalue weighted by atomic mass is 9.95. The minimum atomic E-state index is 0.00578. The second-order valence-corrected chi connectivity index (χ2v) is 7.34. The number of carbonyl (C=O) groups is 2. The first-order valence-corrected chi connectivity index (χ1v) is 9.28. The Labute approximate surface area is 141 Å². The molecule has 0 aliphatic carbocycles. The van der Waals surface area contributed by atoms with E-state index in [9.17, 15) is 9.59 Å². The standard InChI is InChI=1S/C17H24N2O3S/c1-12(14-4-2-10-22-14)18-16(20)13-6-8-19(9-7-13)17(21)15-5-3-11-23-15/h3,5,11-14H,2,4,6-10H2,1H3,(H,18,20)/t12-,14-/m1/s1. The first-order chi connectivity index (χ1) is 11.1. The molecule has 0 radical (unpaired) electrons. The second-order valence-electron chi connectivity index (χ2n) is 6.39. The third-order valence-electron chi connectivity index (χ3n) is 4.78. The molecule has 6 heteroatoms. The smallest absolute Gasteiger partial charge is 0.263 e. The van der Waals surface area contributed by atoms with Crippen LogP contribution in [0.2, 0.25) is 0 Å². The number of likely N-dealkylation sites (tertiary alicyclic amines) is 1. The summed E-state index contributed by atoms with van der Waals surface area (Å²) in [7, 11) is 0. The van der Waals surface area contributed by atoms with E-state index in [0.717, 1.165) is 37.2 Å². The quantitative estimate of drug-likeness (QED) is 0.918. The lowest BCUT2D eigenvalue weighted by Crippen LogP contribution is -2.47. The maximum atomic E-state index is 12.4. The van der Waals surface area contributed by atoms with Crippen LogP contribution in [0.25, 0.3) is 0 Å². The zero-order valence-electron chi connectivity index (χ0n) is 13.5. The largest absolute Gasteiger partial charge is 0.376 e. The van der Waals surface area contributed by atoms with Crippen molar-refractivity contribution in [2.24, 2.45) is 5.92 Å². The molecule has 2 fully saturated rings. The Morgan fingerprint density at radius 2 is 2.13 bits per heavy atom. The first-order valence-electron chi connectivity index (χ1n) is 8.40. The molecule has 23 heavy (non-hydrogen) atoms. The number of amides is 2. The number of carbonyl (C=O) groups excluding carboxylic acids is 2. The van der Waals surface area contributed by atoms with E-state index in [2.05, 4.69) is 5.32 Å². The number of hydrogen-bond acceptors (Lipinski definition) is 4. The number of nitrogens with one attached hydrogen (secondary N) is 1. The molecule has 0 unspecified atom stereocenters. The molecule has 2 aliphatic rings. The van der Waals surface area contributed by atoms with E-state index in [1.807, 2.05) is 29.3 Å². The fraction of sp³-hybridized carbons (Fsp3) is 0.647. The van der Waals surface area contributed by atoms with Crippen LogP contribution in [0.15, 0.2) is 17.5 Å². The van der Waals surface area contributed by atoms with E-state index in [-0.39, 0.29) is 29.9 Å². The number of thiophene rings is 1. The van der Waals surface area contributed by atoms with Gasteiger partial charge >= 0.3 is 0 Å². The van der Waals surface area contributed by atoms with Crippen molar-refractivity contribution in [2.45, 2.75) is 44.8 Å². The Balaban J connectivity index is 1.46. The molecule has 2 atom stereocenters. The van der Waals surface area contributed by atoms with Crippen molar-refractivity contribution in [3.8, 4) is 0 Å². The van der Waals surface area contributed by atoms with Gasteiger partial charge in [-0.2, -0.15) is 0 Å². The van der Waals surface area contributed by atoms with Gasteiger partial charge in [0.15, 0.2) is 0 Å². The van der Waals surface area contributed by atoms with Crippen LogP contribution in [0.1, 0.15) is 42.3 Å². The monoisotopic (exact) mass is 336 g/mol. The minimum absolute atomic E-state index is 0.00578. The van der Waals surface area contributed by atoms with Crippen LogP contribution in [0, 0.1) is 5.92 Å². The van der Waals surface area contributed by atoms with Gasteiger partial charge in [0.2, 0.25) is 5.91 Å². The van der Waals surface area contributed by atoms with Crippen molar-refractivity contribution in [3.05, 3.63) is 22.4 Å². The molecular weight excluding hydrogens is 312 g/mol. The Morgan fingerprint density at radius 3 is 2.74 bits per heavy atom. The molecule has 0 spiro atoms. The molecule has 3 heterocycles. The van der Waals surface area contributed by atoms with Crippen LogP contribution >= 0.6 is 11.3 Å². The van der Waals surface area contributed by atoms with Crippen molar-refractivity contribution >= 4 is 23.2 Å². The highest BCUT2D eigenvalue weighted by molar-refractivity contribution is 7.12.